The number of hydrogen-bond donors (Lipinski definition) is 1. The average Bonchev–Trinajstić information content (AvgIpc) is 3.68. The molecule has 0 radical (unpaired) electrons. The van der Waals surface area contributed by atoms with E-state index < -0.39 is 16.1 Å². The number of oxazole rings is 1. The fourth-order valence-corrected chi connectivity index (χ4v) is 7.89. The van der Waals surface area contributed by atoms with E-state index in [1.54, 1.807) is 25.4 Å². The van der Waals surface area contributed by atoms with E-state index in [-0.39, 0.29) is 11.5 Å². The number of amides is 2. The monoisotopic (exact) mass is 701 g/mol. The fourth-order valence-electron chi connectivity index (χ4n) is 7.35. The Morgan fingerprint density at radius 1 is 1.06 bits per heavy atom. The van der Waals surface area contributed by atoms with Gasteiger partial charge in [-0.2, -0.15) is 12.7 Å². The molecule has 264 valence electrons. The highest BCUT2D eigenvalue weighted by molar-refractivity contribution is 7.87. The minimum atomic E-state index is -3.98. The van der Waals surface area contributed by atoms with Crippen LogP contribution in [0.25, 0.3) is 33.8 Å². The quantitative estimate of drug-likeness (QED) is 0.251. The van der Waals surface area contributed by atoms with E-state index in [9.17, 15) is 18.0 Å². The Labute approximate surface area is 292 Å². The molecule has 2 amide bonds. The highest BCUT2D eigenvalue weighted by atomic mass is 32.2. The average molecular weight is 702 g/mol. The number of aromatic nitrogens is 2. The molecule has 2 aromatic carbocycles. The van der Waals surface area contributed by atoms with Crippen LogP contribution in [0.1, 0.15) is 77.6 Å². The minimum Gasteiger partial charge on any atom is -0.497 e. The molecular weight excluding hydrogens is 659 g/mol. The number of benzene rings is 2. The smallest absolute Gasteiger partial charge is 0.303 e. The maximum Gasteiger partial charge on any atom is 0.303 e. The Bertz CT molecular complexity index is 2070. The van der Waals surface area contributed by atoms with Crippen molar-refractivity contribution in [3.8, 4) is 17.0 Å². The predicted molar refractivity (Wildman–Crippen MR) is 190 cm³/mol. The lowest BCUT2D eigenvalue weighted by Crippen LogP contribution is -2.40. The van der Waals surface area contributed by atoms with E-state index in [2.05, 4.69) is 26.4 Å². The lowest BCUT2D eigenvalue weighted by molar-refractivity contribution is -0.135. The van der Waals surface area contributed by atoms with Crippen LogP contribution in [0.15, 0.2) is 47.0 Å². The van der Waals surface area contributed by atoms with Gasteiger partial charge in [-0.25, -0.2) is 9.71 Å². The molecular formula is C37H43N5O7S. The zero-order chi connectivity index (χ0) is 35.0. The van der Waals surface area contributed by atoms with E-state index in [4.69, 9.17) is 13.9 Å². The molecule has 1 aliphatic carbocycles. The van der Waals surface area contributed by atoms with Gasteiger partial charge in [0.1, 0.15) is 11.5 Å². The number of nitrogens with one attached hydrogen (secondary N) is 1. The molecule has 2 aromatic heterocycles. The summed E-state index contributed by atoms with van der Waals surface area (Å²) in [6, 6.07) is 11.5. The summed E-state index contributed by atoms with van der Waals surface area (Å²) in [5, 5.41) is 1.04. The van der Waals surface area contributed by atoms with E-state index in [1.165, 1.54) is 26.1 Å². The normalized spacial score (nSPS) is 16.9. The van der Waals surface area contributed by atoms with Crippen molar-refractivity contribution >= 4 is 44.6 Å². The van der Waals surface area contributed by atoms with Crippen molar-refractivity contribution in [1.82, 2.24) is 23.5 Å². The number of carbonyl (C=O) groups is 2. The maximum atomic E-state index is 13.3. The Kier molecular flexibility index (Phi) is 9.55. The molecule has 2 aliphatic heterocycles. The Balaban J connectivity index is 1.32. The largest absolute Gasteiger partial charge is 0.497 e. The van der Waals surface area contributed by atoms with Gasteiger partial charge in [0.2, 0.25) is 11.8 Å². The minimum absolute atomic E-state index is 0.0675. The van der Waals surface area contributed by atoms with Gasteiger partial charge in [-0.1, -0.05) is 25.3 Å². The van der Waals surface area contributed by atoms with Crippen LogP contribution in [0, 0.1) is 0 Å². The van der Waals surface area contributed by atoms with Crippen LogP contribution in [0.4, 0.5) is 0 Å². The highest BCUT2D eigenvalue weighted by Gasteiger charge is 2.31. The summed E-state index contributed by atoms with van der Waals surface area (Å²) in [6.45, 7) is 2.70. The molecule has 1 N–H and O–H groups in total. The van der Waals surface area contributed by atoms with Crippen LogP contribution in [-0.2, 0) is 32.7 Å². The van der Waals surface area contributed by atoms with Crippen molar-refractivity contribution in [2.45, 2.75) is 57.4 Å². The van der Waals surface area contributed by atoms with Gasteiger partial charge in [-0.05, 0) is 66.3 Å². The summed E-state index contributed by atoms with van der Waals surface area (Å²) in [6.07, 6.45) is 10.1. The van der Waals surface area contributed by atoms with Crippen LogP contribution < -0.4 is 9.46 Å². The first-order valence-electron chi connectivity index (χ1n) is 17.2. The van der Waals surface area contributed by atoms with Crippen LogP contribution in [-0.4, -0.2) is 86.5 Å². The third-order valence-corrected chi connectivity index (χ3v) is 11.4. The molecule has 13 heteroatoms. The van der Waals surface area contributed by atoms with E-state index in [0.717, 1.165) is 69.0 Å². The number of allylic oxidation sites excluding steroid dienone is 1. The van der Waals surface area contributed by atoms with Gasteiger partial charge in [-0.15, -0.1) is 0 Å². The second-order valence-electron chi connectivity index (χ2n) is 13.4. The van der Waals surface area contributed by atoms with E-state index in [1.807, 2.05) is 23.1 Å². The van der Waals surface area contributed by atoms with Crippen LogP contribution in [0.5, 0.6) is 5.75 Å². The highest BCUT2D eigenvalue weighted by Crippen LogP contribution is 2.47. The predicted octanol–water partition coefficient (Wildman–Crippen LogP) is 5.23. The lowest BCUT2D eigenvalue weighted by Gasteiger charge is -2.26. The second kappa shape index (κ2) is 14.0. The molecule has 0 unspecified atom stereocenters. The molecule has 4 heterocycles. The summed E-state index contributed by atoms with van der Waals surface area (Å²) in [5.41, 5.74) is 6.18. The van der Waals surface area contributed by atoms with Crippen molar-refractivity contribution in [1.29, 1.82) is 0 Å². The molecule has 0 atom stereocenters. The summed E-state index contributed by atoms with van der Waals surface area (Å²) in [4.78, 5) is 32.6. The van der Waals surface area contributed by atoms with Crippen LogP contribution in [0.3, 0.4) is 0 Å². The molecule has 1 saturated carbocycles. The maximum absolute atomic E-state index is 13.3. The standard InChI is InChI=1S/C37H43N5O7S/c1-40(2)50(45,46)39-36(44)25-9-12-31-32(21-25)42-23-27(37-38-22-29(49-37)11-14-33(43)41-15-17-48-18-16-41)19-26-20-28(47-3)10-13-30(26)35(42)34(31)24-7-5-4-6-8-24/h9-10,12-13,19-22,24H,4-8,11,14-18,23H2,1-3H3,(H,39,44). The molecule has 3 aliphatic rings. The zero-order valence-electron chi connectivity index (χ0n) is 28.7. The second-order valence-corrected chi connectivity index (χ2v) is 15.3. The van der Waals surface area contributed by atoms with Crippen molar-refractivity contribution in [3.05, 3.63) is 70.9 Å². The SMILES string of the molecule is COc1ccc2c(c1)C=C(c1ncc(CCC(=O)N3CCOCC3)o1)Cn1c-2c(C2CCCCC2)c2ccc(C(=O)NS(=O)(=O)N(C)C)cc21. The molecule has 12 nitrogen and oxygen atoms in total. The number of carbonyl (C=O) groups excluding carboxylic acids is 2. The number of methoxy groups -OCH3 is 1. The van der Waals surface area contributed by atoms with Gasteiger partial charge in [0.25, 0.3) is 5.91 Å². The van der Waals surface area contributed by atoms with Crippen molar-refractivity contribution < 1.29 is 31.9 Å². The number of aryl methyl sites for hydroxylation is 1. The van der Waals surface area contributed by atoms with Crippen molar-refractivity contribution in [2.24, 2.45) is 0 Å². The third-order valence-electron chi connectivity index (χ3n) is 10.0. The molecule has 7 rings (SSSR count). The Morgan fingerprint density at radius 2 is 1.84 bits per heavy atom. The number of rotatable bonds is 9. The topological polar surface area (TPSA) is 136 Å². The van der Waals surface area contributed by atoms with E-state index in [0.29, 0.717) is 63.3 Å². The van der Waals surface area contributed by atoms with E-state index >= 15 is 0 Å². The summed E-state index contributed by atoms with van der Waals surface area (Å²) >= 11 is 0. The molecule has 0 spiro atoms. The Hall–Kier alpha value is -4.46. The van der Waals surface area contributed by atoms with Gasteiger partial charge < -0.3 is 23.4 Å². The zero-order valence-corrected chi connectivity index (χ0v) is 29.6. The first kappa shape index (κ1) is 34.0. The first-order chi connectivity index (χ1) is 24.1. The summed E-state index contributed by atoms with van der Waals surface area (Å²) in [5.74, 6) is 1.49. The number of fused-ring (bicyclic) bond motifs is 5. The number of morpholine rings is 1. The number of nitrogens with zero attached hydrogens (tertiary/aromatic N) is 4. The van der Waals surface area contributed by atoms with Gasteiger partial charge in [0.05, 0.1) is 38.8 Å². The van der Waals surface area contributed by atoms with Gasteiger partial charge >= 0.3 is 10.2 Å². The number of hydrogen-bond acceptors (Lipinski definition) is 8. The molecule has 1 saturated heterocycles. The third kappa shape index (κ3) is 6.69. The first-order valence-corrected chi connectivity index (χ1v) is 18.7. The van der Waals surface area contributed by atoms with Gasteiger partial charge in [-0.3, -0.25) is 9.59 Å². The Morgan fingerprint density at radius 3 is 2.58 bits per heavy atom. The fraction of sp³-hybridized carbons (Fsp3) is 0.432. The van der Waals surface area contributed by atoms with Crippen LogP contribution in [0.2, 0.25) is 0 Å². The van der Waals surface area contributed by atoms with Gasteiger partial charge in [0, 0.05) is 67.6 Å². The van der Waals surface area contributed by atoms with Crippen molar-refractivity contribution in [3.63, 3.8) is 0 Å². The summed E-state index contributed by atoms with van der Waals surface area (Å²) < 4.78 is 47.8. The van der Waals surface area contributed by atoms with Gasteiger partial charge in [0.15, 0.2) is 0 Å². The molecule has 0 bridgehead atoms. The number of ether oxygens (including phenoxy) is 2. The summed E-state index contributed by atoms with van der Waals surface area (Å²) in [7, 11) is 0.411. The molecule has 2 fully saturated rings. The molecule has 4 aromatic rings. The van der Waals surface area contributed by atoms with Crippen LogP contribution >= 0.6 is 0 Å². The molecule has 50 heavy (non-hydrogen) atoms. The lowest BCUT2D eigenvalue weighted by atomic mass is 9.81. The van der Waals surface area contributed by atoms with Crippen molar-refractivity contribution in [2.75, 3.05) is 47.5 Å².